The van der Waals surface area contributed by atoms with Crippen LogP contribution in [0.3, 0.4) is 0 Å². The van der Waals surface area contributed by atoms with Crippen LogP contribution in [0.15, 0.2) is 69.9 Å². The molecule has 0 bridgehead atoms. The van der Waals surface area contributed by atoms with E-state index in [1.54, 1.807) is 23.9 Å². The van der Waals surface area contributed by atoms with Crippen molar-refractivity contribution in [3.8, 4) is 16.8 Å². The Hall–Kier alpha value is -3.37. The van der Waals surface area contributed by atoms with Crippen LogP contribution in [-0.4, -0.2) is 29.8 Å². The number of fused-ring (bicyclic) bond motifs is 1. The molecule has 154 valence electrons. The number of nitrogens with zero attached hydrogens (tertiary/aromatic N) is 6. The number of thioether (sulfide) groups is 1. The number of para-hydroxylation sites is 1. The molecule has 10 heteroatoms. The van der Waals surface area contributed by atoms with Crippen molar-refractivity contribution in [2.24, 2.45) is 7.05 Å². The van der Waals surface area contributed by atoms with Gasteiger partial charge in [0, 0.05) is 18.0 Å². The van der Waals surface area contributed by atoms with Crippen molar-refractivity contribution in [2.75, 3.05) is 0 Å². The summed E-state index contributed by atoms with van der Waals surface area (Å²) >= 11 is 2.79. The summed E-state index contributed by atoms with van der Waals surface area (Å²) in [6.45, 7) is 0. The van der Waals surface area contributed by atoms with Gasteiger partial charge >= 0.3 is 0 Å². The predicted octanol–water partition coefficient (Wildman–Crippen LogP) is 4.07. The fourth-order valence-electron chi connectivity index (χ4n) is 3.22. The molecular weight excluding hydrogens is 435 g/mol. The van der Waals surface area contributed by atoms with E-state index in [0.29, 0.717) is 27.0 Å². The van der Waals surface area contributed by atoms with Crippen LogP contribution in [0.1, 0.15) is 5.82 Å². The molecule has 31 heavy (non-hydrogen) atoms. The predicted molar refractivity (Wildman–Crippen MR) is 119 cm³/mol. The van der Waals surface area contributed by atoms with E-state index in [9.17, 15) is 9.18 Å². The minimum absolute atomic E-state index is 0.143. The molecule has 3 aromatic heterocycles. The van der Waals surface area contributed by atoms with Gasteiger partial charge in [-0.25, -0.2) is 9.37 Å². The molecule has 3 heterocycles. The highest BCUT2D eigenvalue weighted by molar-refractivity contribution is 7.98. The van der Waals surface area contributed by atoms with Crippen LogP contribution >= 0.6 is 23.1 Å². The van der Waals surface area contributed by atoms with Gasteiger partial charge < -0.3 is 0 Å². The Balaban J connectivity index is 1.47. The van der Waals surface area contributed by atoms with Crippen LogP contribution in [0, 0.1) is 5.82 Å². The molecule has 0 saturated carbocycles. The van der Waals surface area contributed by atoms with Gasteiger partial charge in [-0.2, -0.15) is 4.68 Å². The first-order valence-electron chi connectivity index (χ1n) is 9.31. The fourth-order valence-corrected chi connectivity index (χ4v) is 5.08. The monoisotopic (exact) mass is 450 g/mol. The maximum absolute atomic E-state index is 13.3. The Morgan fingerprint density at radius 1 is 1.10 bits per heavy atom. The zero-order valence-electron chi connectivity index (χ0n) is 16.3. The second kappa shape index (κ2) is 8.05. The zero-order valence-corrected chi connectivity index (χ0v) is 17.9. The second-order valence-corrected chi connectivity index (χ2v) is 8.53. The number of aromatic nitrogens is 6. The minimum atomic E-state index is -0.314. The van der Waals surface area contributed by atoms with Crippen LogP contribution in [-0.2, 0) is 12.8 Å². The Labute approximate surface area is 184 Å². The van der Waals surface area contributed by atoms with Crippen molar-refractivity contribution in [1.29, 1.82) is 0 Å². The van der Waals surface area contributed by atoms with E-state index in [2.05, 4.69) is 15.5 Å². The van der Waals surface area contributed by atoms with E-state index in [-0.39, 0.29) is 11.4 Å². The normalized spacial score (nSPS) is 11.3. The summed E-state index contributed by atoms with van der Waals surface area (Å²) in [4.78, 5) is 18.5. The maximum atomic E-state index is 13.3. The van der Waals surface area contributed by atoms with Gasteiger partial charge in [-0.1, -0.05) is 42.1 Å². The van der Waals surface area contributed by atoms with Gasteiger partial charge in [-0.05, 0) is 40.3 Å². The molecule has 0 spiro atoms. The van der Waals surface area contributed by atoms with Gasteiger partial charge in [-0.3, -0.25) is 9.36 Å². The Morgan fingerprint density at radius 3 is 2.65 bits per heavy atom. The van der Waals surface area contributed by atoms with Gasteiger partial charge in [-0.15, -0.1) is 16.4 Å². The van der Waals surface area contributed by atoms with Crippen LogP contribution in [0.2, 0.25) is 0 Å². The number of rotatable bonds is 5. The summed E-state index contributed by atoms with van der Waals surface area (Å²) in [7, 11) is 1.70. The standard InChI is InChI=1S/C21H15FN6OS2/c1-27-20(29)18-16(13-7-9-14(22)10-8-13)11-30-19(18)23-21(27)31-12-17-24-25-26-28(17)15-5-3-2-4-6-15/h2-11H,12H2,1H3. The summed E-state index contributed by atoms with van der Waals surface area (Å²) in [5.74, 6) is 0.790. The van der Waals surface area contributed by atoms with E-state index in [0.717, 1.165) is 16.8 Å². The summed E-state index contributed by atoms with van der Waals surface area (Å²) < 4.78 is 16.5. The Morgan fingerprint density at radius 2 is 1.87 bits per heavy atom. The molecular formula is C21H15FN6OS2. The molecule has 7 nitrogen and oxygen atoms in total. The lowest BCUT2D eigenvalue weighted by Crippen LogP contribution is -2.19. The number of halogens is 1. The van der Waals surface area contributed by atoms with Gasteiger partial charge in [0.25, 0.3) is 5.56 Å². The highest BCUT2D eigenvalue weighted by Crippen LogP contribution is 2.32. The van der Waals surface area contributed by atoms with Gasteiger partial charge in [0.2, 0.25) is 0 Å². The summed E-state index contributed by atoms with van der Waals surface area (Å²) in [5.41, 5.74) is 2.27. The van der Waals surface area contributed by atoms with Crippen LogP contribution in [0.25, 0.3) is 27.0 Å². The molecule has 0 saturated heterocycles. The molecule has 0 amide bonds. The third kappa shape index (κ3) is 3.64. The van der Waals surface area contributed by atoms with Crippen molar-refractivity contribution in [3.05, 3.63) is 82.0 Å². The summed E-state index contributed by atoms with van der Waals surface area (Å²) in [5, 5.41) is 15.0. The van der Waals surface area contributed by atoms with Crippen LogP contribution in [0.4, 0.5) is 4.39 Å². The van der Waals surface area contributed by atoms with E-state index < -0.39 is 0 Å². The van der Waals surface area contributed by atoms with Crippen LogP contribution in [0.5, 0.6) is 0 Å². The maximum Gasteiger partial charge on any atom is 0.263 e. The lowest BCUT2D eigenvalue weighted by atomic mass is 10.1. The quantitative estimate of drug-likeness (QED) is 0.297. The Kier molecular flexibility index (Phi) is 5.08. The first-order chi connectivity index (χ1) is 15.1. The topological polar surface area (TPSA) is 78.5 Å². The first-order valence-corrected chi connectivity index (χ1v) is 11.2. The van der Waals surface area contributed by atoms with Crippen molar-refractivity contribution < 1.29 is 4.39 Å². The Bertz CT molecular complexity index is 1430. The molecule has 0 aliphatic rings. The average Bonchev–Trinajstić information content (AvgIpc) is 3.43. The third-order valence-corrected chi connectivity index (χ3v) is 6.69. The summed E-state index contributed by atoms with van der Waals surface area (Å²) in [6.07, 6.45) is 0. The van der Waals surface area contributed by atoms with Crippen molar-refractivity contribution in [2.45, 2.75) is 10.9 Å². The van der Waals surface area contributed by atoms with E-state index >= 15 is 0 Å². The minimum Gasteiger partial charge on any atom is -0.290 e. The lowest BCUT2D eigenvalue weighted by molar-refractivity contribution is 0.628. The van der Waals surface area contributed by atoms with Crippen molar-refractivity contribution in [1.82, 2.24) is 29.8 Å². The van der Waals surface area contributed by atoms with Crippen molar-refractivity contribution >= 4 is 33.3 Å². The van der Waals surface area contributed by atoms with E-state index in [1.165, 1.54) is 39.8 Å². The zero-order chi connectivity index (χ0) is 21.4. The highest BCUT2D eigenvalue weighted by Gasteiger charge is 2.17. The summed E-state index contributed by atoms with van der Waals surface area (Å²) in [6, 6.07) is 15.7. The molecule has 5 aromatic rings. The number of hydrogen-bond acceptors (Lipinski definition) is 7. The average molecular weight is 451 g/mol. The molecule has 0 aliphatic carbocycles. The molecule has 0 radical (unpaired) electrons. The number of benzene rings is 2. The number of hydrogen-bond donors (Lipinski definition) is 0. The molecule has 0 atom stereocenters. The fraction of sp³-hybridized carbons (Fsp3) is 0.0952. The van der Waals surface area contributed by atoms with E-state index in [4.69, 9.17) is 4.98 Å². The molecule has 5 rings (SSSR count). The SMILES string of the molecule is Cn1c(SCc2nnnn2-c2ccccc2)nc2scc(-c3ccc(F)cc3)c2c1=O. The lowest BCUT2D eigenvalue weighted by Gasteiger charge is -2.08. The van der Waals surface area contributed by atoms with Gasteiger partial charge in [0.15, 0.2) is 11.0 Å². The van der Waals surface area contributed by atoms with Crippen molar-refractivity contribution in [3.63, 3.8) is 0 Å². The van der Waals surface area contributed by atoms with E-state index in [1.807, 2.05) is 35.7 Å². The largest absolute Gasteiger partial charge is 0.290 e. The first kappa shape index (κ1) is 19.6. The highest BCUT2D eigenvalue weighted by atomic mass is 32.2. The number of thiophene rings is 1. The second-order valence-electron chi connectivity index (χ2n) is 6.73. The van der Waals surface area contributed by atoms with Crippen LogP contribution < -0.4 is 5.56 Å². The molecule has 0 unspecified atom stereocenters. The molecule has 0 aliphatic heterocycles. The molecule has 0 fully saturated rings. The smallest absolute Gasteiger partial charge is 0.263 e. The molecule has 0 N–H and O–H groups in total. The molecule has 2 aromatic carbocycles. The number of tetrazole rings is 1. The third-order valence-electron chi connectivity index (χ3n) is 4.79. The van der Waals surface area contributed by atoms with Gasteiger partial charge in [0.05, 0.1) is 16.8 Å². The van der Waals surface area contributed by atoms with Gasteiger partial charge in [0.1, 0.15) is 10.6 Å².